The molecule has 1 aliphatic heterocycles. The molecule has 0 bridgehead atoms. The monoisotopic (exact) mass is 536 g/mol. The van der Waals surface area contributed by atoms with Crippen LogP contribution in [0.3, 0.4) is 0 Å². The molecular formula is C28H33ClN6O3. The Morgan fingerprint density at radius 2 is 1.50 bits per heavy atom. The van der Waals surface area contributed by atoms with Crippen LogP contribution in [0.1, 0.15) is 25.2 Å². The summed E-state index contributed by atoms with van der Waals surface area (Å²) in [7, 11) is 1.80. The number of anilines is 1. The quantitative estimate of drug-likeness (QED) is 0.387. The molecule has 0 saturated carbocycles. The standard InChI is InChI=1S/C28H32N6O3.ClH/c1-4-33-26-25(27(35)34(5-2)28(33)36)31(3)24(30-26)15-8-20-6-11-22(12-7-20)37-23-13-9-21(10-14-23)32-18-16-29-17-19-32;/h6-15,29H,4-5,16-19H2,1-3H3;1H/b15-8+;. The molecule has 0 aliphatic carbocycles. The molecule has 1 aliphatic rings. The van der Waals surface area contributed by atoms with Gasteiger partial charge in [-0.3, -0.25) is 13.9 Å². The highest BCUT2D eigenvalue weighted by atomic mass is 35.5. The van der Waals surface area contributed by atoms with Crippen molar-refractivity contribution in [3.63, 3.8) is 0 Å². The number of imidazole rings is 1. The van der Waals surface area contributed by atoms with E-state index in [4.69, 9.17) is 4.74 Å². The lowest BCUT2D eigenvalue weighted by atomic mass is 10.2. The number of piperazine rings is 1. The van der Waals surface area contributed by atoms with Crippen LogP contribution in [0.4, 0.5) is 5.69 Å². The molecule has 0 atom stereocenters. The fourth-order valence-electron chi connectivity index (χ4n) is 4.69. The van der Waals surface area contributed by atoms with E-state index in [2.05, 4.69) is 27.3 Å². The van der Waals surface area contributed by atoms with Gasteiger partial charge in [-0.25, -0.2) is 9.78 Å². The summed E-state index contributed by atoms with van der Waals surface area (Å²) in [6, 6.07) is 16.0. The summed E-state index contributed by atoms with van der Waals surface area (Å²) in [5, 5.41) is 3.37. The van der Waals surface area contributed by atoms with Crippen LogP contribution in [0.25, 0.3) is 23.3 Å². The zero-order valence-electron chi connectivity index (χ0n) is 21.9. The molecule has 1 fully saturated rings. The molecule has 2 aromatic carbocycles. The number of hydrogen-bond donors (Lipinski definition) is 1. The molecule has 5 rings (SSSR count). The number of halogens is 1. The molecule has 3 heterocycles. The van der Waals surface area contributed by atoms with Crippen molar-refractivity contribution in [2.75, 3.05) is 31.1 Å². The van der Waals surface area contributed by atoms with Crippen LogP contribution in [0.2, 0.25) is 0 Å². The van der Waals surface area contributed by atoms with E-state index in [0.29, 0.717) is 30.1 Å². The van der Waals surface area contributed by atoms with Crippen LogP contribution >= 0.6 is 12.4 Å². The van der Waals surface area contributed by atoms with Gasteiger partial charge in [-0.05, 0) is 61.9 Å². The summed E-state index contributed by atoms with van der Waals surface area (Å²) in [5.41, 5.74) is 2.37. The van der Waals surface area contributed by atoms with E-state index in [1.807, 2.05) is 55.5 Å². The van der Waals surface area contributed by atoms with Crippen LogP contribution in [-0.2, 0) is 20.1 Å². The lowest BCUT2D eigenvalue weighted by molar-refractivity contribution is 0.482. The molecular weight excluding hydrogens is 504 g/mol. The lowest BCUT2D eigenvalue weighted by Crippen LogP contribution is -2.43. The lowest BCUT2D eigenvalue weighted by Gasteiger charge is -2.29. The van der Waals surface area contributed by atoms with Crippen molar-refractivity contribution < 1.29 is 4.74 Å². The number of aromatic nitrogens is 4. The largest absolute Gasteiger partial charge is 0.457 e. The summed E-state index contributed by atoms with van der Waals surface area (Å²) >= 11 is 0. The molecule has 1 N–H and O–H groups in total. The van der Waals surface area contributed by atoms with Crippen molar-refractivity contribution in [3.8, 4) is 11.5 Å². The van der Waals surface area contributed by atoms with E-state index < -0.39 is 0 Å². The molecule has 0 spiro atoms. The summed E-state index contributed by atoms with van der Waals surface area (Å²) in [6.07, 6.45) is 3.78. The smallest absolute Gasteiger partial charge is 0.332 e. The predicted octanol–water partition coefficient (Wildman–Crippen LogP) is 3.73. The van der Waals surface area contributed by atoms with Gasteiger partial charge in [0.2, 0.25) is 0 Å². The van der Waals surface area contributed by atoms with Gasteiger partial charge in [0.05, 0.1) is 0 Å². The molecule has 2 aromatic heterocycles. The van der Waals surface area contributed by atoms with Gasteiger partial charge in [-0.2, -0.15) is 0 Å². The van der Waals surface area contributed by atoms with Crippen LogP contribution in [0.15, 0.2) is 58.1 Å². The third kappa shape index (κ3) is 5.25. The third-order valence-electron chi connectivity index (χ3n) is 6.77. The first kappa shape index (κ1) is 27.2. The van der Waals surface area contributed by atoms with Crippen molar-refractivity contribution in [1.29, 1.82) is 0 Å². The van der Waals surface area contributed by atoms with Crippen molar-refractivity contribution in [1.82, 2.24) is 24.0 Å². The van der Waals surface area contributed by atoms with Gasteiger partial charge in [0.1, 0.15) is 17.3 Å². The number of ether oxygens (including phenoxy) is 1. The number of benzene rings is 2. The van der Waals surface area contributed by atoms with Gasteiger partial charge in [0, 0.05) is 52.0 Å². The fourth-order valence-corrected chi connectivity index (χ4v) is 4.69. The van der Waals surface area contributed by atoms with E-state index in [9.17, 15) is 9.59 Å². The molecule has 200 valence electrons. The molecule has 0 radical (unpaired) electrons. The average molecular weight is 537 g/mol. The first-order chi connectivity index (χ1) is 18.0. The normalized spacial score (nSPS) is 13.7. The number of rotatable bonds is 7. The second kappa shape index (κ2) is 11.7. The molecule has 10 heteroatoms. The molecule has 9 nitrogen and oxygen atoms in total. The first-order valence-electron chi connectivity index (χ1n) is 12.7. The summed E-state index contributed by atoms with van der Waals surface area (Å²) in [5.74, 6) is 2.15. The highest BCUT2D eigenvalue weighted by Gasteiger charge is 2.17. The van der Waals surface area contributed by atoms with E-state index in [-0.39, 0.29) is 23.7 Å². The minimum atomic E-state index is -0.329. The van der Waals surface area contributed by atoms with Gasteiger partial charge in [-0.15, -0.1) is 12.4 Å². The highest BCUT2D eigenvalue weighted by molar-refractivity contribution is 5.85. The number of nitrogens with zero attached hydrogens (tertiary/aromatic N) is 5. The maximum absolute atomic E-state index is 12.9. The molecule has 0 amide bonds. The SMILES string of the molecule is CCn1c(=O)c2c(nc(/C=C/c3ccc(Oc4ccc(N5CCNCC5)cc4)cc3)n2C)n(CC)c1=O.Cl. The average Bonchev–Trinajstić information content (AvgIpc) is 3.25. The maximum atomic E-state index is 12.9. The Morgan fingerprint density at radius 3 is 2.11 bits per heavy atom. The van der Waals surface area contributed by atoms with Gasteiger partial charge < -0.3 is 19.5 Å². The van der Waals surface area contributed by atoms with Crippen molar-refractivity contribution in [2.45, 2.75) is 26.9 Å². The Bertz CT molecular complexity index is 1550. The second-order valence-corrected chi connectivity index (χ2v) is 9.01. The topological polar surface area (TPSA) is 86.3 Å². The molecule has 38 heavy (non-hydrogen) atoms. The zero-order valence-corrected chi connectivity index (χ0v) is 22.7. The molecule has 0 unspecified atom stereocenters. The fraction of sp³-hybridized carbons (Fsp3) is 0.321. The van der Waals surface area contributed by atoms with E-state index in [0.717, 1.165) is 43.2 Å². The Labute approximate surface area is 227 Å². The Balaban J connectivity index is 0.00000336. The van der Waals surface area contributed by atoms with Gasteiger partial charge in [-0.1, -0.05) is 18.2 Å². The maximum Gasteiger partial charge on any atom is 0.332 e. The number of nitrogens with one attached hydrogen (secondary N) is 1. The summed E-state index contributed by atoms with van der Waals surface area (Å²) < 4.78 is 10.6. The van der Waals surface area contributed by atoms with Gasteiger partial charge in [0.25, 0.3) is 5.56 Å². The van der Waals surface area contributed by atoms with E-state index in [1.165, 1.54) is 10.3 Å². The van der Waals surface area contributed by atoms with Crippen molar-refractivity contribution in [2.24, 2.45) is 7.05 Å². The third-order valence-corrected chi connectivity index (χ3v) is 6.77. The predicted molar refractivity (Wildman–Crippen MR) is 155 cm³/mol. The molecule has 4 aromatic rings. The van der Waals surface area contributed by atoms with Crippen LogP contribution in [0.5, 0.6) is 11.5 Å². The Kier molecular flexibility index (Phi) is 8.38. The Morgan fingerprint density at radius 1 is 0.895 bits per heavy atom. The van der Waals surface area contributed by atoms with Crippen LogP contribution < -0.4 is 26.2 Å². The van der Waals surface area contributed by atoms with E-state index >= 15 is 0 Å². The first-order valence-corrected chi connectivity index (χ1v) is 12.7. The van der Waals surface area contributed by atoms with Crippen molar-refractivity contribution >= 4 is 41.4 Å². The minimum Gasteiger partial charge on any atom is -0.457 e. The molecule has 1 saturated heterocycles. The minimum absolute atomic E-state index is 0. The van der Waals surface area contributed by atoms with Gasteiger partial charge in [0.15, 0.2) is 11.2 Å². The number of hydrogen-bond acceptors (Lipinski definition) is 6. The van der Waals surface area contributed by atoms with Crippen LogP contribution in [0, 0.1) is 0 Å². The number of aryl methyl sites for hydroxylation is 2. The van der Waals surface area contributed by atoms with Crippen LogP contribution in [-0.4, -0.2) is 44.9 Å². The van der Waals surface area contributed by atoms with E-state index in [1.54, 1.807) is 23.1 Å². The summed E-state index contributed by atoms with van der Waals surface area (Å²) in [4.78, 5) is 32.5. The summed E-state index contributed by atoms with van der Waals surface area (Å²) in [6.45, 7) is 8.47. The van der Waals surface area contributed by atoms with Crippen molar-refractivity contribution in [3.05, 3.63) is 80.8 Å². The number of fused-ring (bicyclic) bond motifs is 1. The Hall–Kier alpha value is -3.82. The van der Waals surface area contributed by atoms with Gasteiger partial charge >= 0.3 is 5.69 Å². The highest BCUT2D eigenvalue weighted by Crippen LogP contribution is 2.25. The zero-order chi connectivity index (χ0) is 25.9. The second-order valence-electron chi connectivity index (χ2n) is 9.01.